The lowest BCUT2D eigenvalue weighted by Gasteiger charge is -2.33. The van der Waals surface area contributed by atoms with Gasteiger partial charge < -0.3 is 14.8 Å². The van der Waals surface area contributed by atoms with Gasteiger partial charge in [0.2, 0.25) is 15.9 Å². The number of sulfonamides is 1. The number of hydrogen-bond acceptors (Lipinski definition) is 6. The molecule has 0 radical (unpaired) electrons. The molecule has 8 nitrogen and oxygen atoms in total. The van der Waals surface area contributed by atoms with E-state index in [2.05, 4.69) is 10.2 Å². The highest BCUT2D eigenvalue weighted by Gasteiger charge is 2.27. The molecule has 2 aromatic carbocycles. The molecule has 0 bridgehead atoms. The number of carbonyl (C=O) groups excluding carboxylic acids is 1. The van der Waals surface area contributed by atoms with Gasteiger partial charge in [-0.2, -0.15) is 0 Å². The Hall–Kier alpha value is -2.62. The molecule has 1 aliphatic rings. The lowest BCUT2D eigenvalue weighted by Crippen LogP contribution is -2.44. The molecule has 0 spiro atoms. The number of carbonyl (C=O) groups is 1. The second-order valence-corrected chi connectivity index (χ2v) is 10.3. The van der Waals surface area contributed by atoms with Gasteiger partial charge in [-0.3, -0.25) is 9.69 Å². The summed E-state index contributed by atoms with van der Waals surface area (Å²) in [6.45, 7) is 5.03. The molecule has 0 saturated carbocycles. The van der Waals surface area contributed by atoms with Crippen molar-refractivity contribution >= 4 is 21.6 Å². The molecule has 0 fully saturated rings. The van der Waals surface area contributed by atoms with Gasteiger partial charge in [0.1, 0.15) is 0 Å². The van der Waals surface area contributed by atoms with Crippen molar-refractivity contribution in [1.82, 2.24) is 9.21 Å². The van der Waals surface area contributed by atoms with Crippen LogP contribution in [-0.2, 0) is 27.8 Å². The quantitative estimate of drug-likeness (QED) is 0.682. The summed E-state index contributed by atoms with van der Waals surface area (Å²) in [5.74, 6) is 1.18. The van der Waals surface area contributed by atoms with E-state index >= 15 is 0 Å². The number of aryl methyl sites for hydroxylation is 1. The van der Waals surface area contributed by atoms with Crippen molar-refractivity contribution in [2.45, 2.75) is 37.8 Å². The van der Waals surface area contributed by atoms with Crippen LogP contribution in [0.2, 0.25) is 0 Å². The molecule has 1 heterocycles. The first-order valence-electron chi connectivity index (χ1n) is 10.4. The van der Waals surface area contributed by atoms with Crippen LogP contribution in [0.1, 0.15) is 23.6 Å². The second kappa shape index (κ2) is 9.48. The minimum Gasteiger partial charge on any atom is -0.493 e. The molecule has 2 aromatic rings. The fourth-order valence-electron chi connectivity index (χ4n) is 3.75. The van der Waals surface area contributed by atoms with Crippen LogP contribution in [0.25, 0.3) is 0 Å². The number of ether oxygens (including phenoxy) is 2. The monoisotopic (exact) mass is 461 g/mol. The van der Waals surface area contributed by atoms with Gasteiger partial charge in [-0.1, -0.05) is 6.07 Å². The fourth-order valence-corrected chi connectivity index (χ4v) is 4.67. The zero-order valence-corrected chi connectivity index (χ0v) is 20.2. The summed E-state index contributed by atoms with van der Waals surface area (Å²) in [4.78, 5) is 15.3. The number of nitrogens with one attached hydrogen (secondary N) is 1. The maximum atomic E-state index is 13.0. The minimum atomic E-state index is -3.59. The van der Waals surface area contributed by atoms with Crippen molar-refractivity contribution in [3.63, 3.8) is 0 Å². The predicted molar refractivity (Wildman–Crippen MR) is 124 cm³/mol. The van der Waals surface area contributed by atoms with Crippen LogP contribution >= 0.6 is 0 Å². The zero-order chi connectivity index (χ0) is 23.6. The Bertz CT molecular complexity index is 1110. The van der Waals surface area contributed by atoms with Crippen molar-refractivity contribution in [1.29, 1.82) is 0 Å². The van der Waals surface area contributed by atoms with Gasteiger partial charge in [0, 0.05) is 32.9 Å². The maximum Gasteiger partial charge on any atom is 0.242 e. The predicted octanol–water partition coefficient (Wildman–Crippen LogP) is 2.65. The molecule has 0 aromatic heterocycles. The highest BCUT2D eigenvalue weighted by molar-refractivity contribution is 7.89. The van der Waals surface area contributed by atoms with Crippen LogP contribution in [0.3, 0.4) is 0 Å². The van der Waals surface area contributed by atoms with E-state index in [4.69, 9.17) is 9.47 Å². The van der Waals surface area contributed by atoms with Crippen LogP contribution in [0, 0.1) is 6.92 Å². The molecule has 0 saturated heterocycles. The Balaban J connectivity index is 1.77. The van der Waals surface area contributed by atoms with Crippen molar-refractivity contribution in [2.24, 2.45) is 0 Å². The largest absolute Gasteiger partial charge is 0.493 e. The first kappa shape index (κ1) is 24.0. The molecular formula is C23H31N3O5S. The van der Waals surface area contributed by atoms with Gasteiger partial charge in [0.25, 0.3) is 0 Å². The summed E-state index contributed by atoms with van der Waals surface area (Å²) in [6.07, 6.45) is 0.795. The Morgan fingerprint density at radius 1 is 1.09 bits per heavy atom. The number of amides is 1. The van der Waals surface area contributed by atoms with E-state index in [-0.39, 0.29) is 10.8 Å². The average molecular weight is 462 g/mol. The first-order chi connectivity index (χ1) is 15.1. The third-order valence-corrected chi connectivity index (χ3v) is 7.73. The van der Waals surface area contributed by atoms with Gasteiger partial charge in [-0.05, 0) is 61.2 Å². The Morgan fingerprint density at radius 3 is 2.31 bits per heavy atom. The van der Waals surface area contributed by atoms with Gasteiger partial charge >= 0.3 is 0 Å². The van der Waals surface area contributed by atoms with Crippen LogP contribution in [0.5, 0.6) is 11.5 Å². The van der Waals surface area contributed by atoms with E-state index in [1.54, 1.807) is 26.4 Å². The van der Waals surface area contributed by atoms with Crippen LogP contribution < -0.4 is 14.8 Å². The van der Waals surface area contributed by atoms with Crippen LogP contribution in [0.4, 0.5) is 5.69 Å². The topological polar surface area (TPSA) is 88.2 Å². The summed E-state index contributed by atoms with van der Waals surface area (Å²) >= 11 is 0. The van der Waals surface area contributed by atoms with E-state index in [0.717, 1.165) is 28.4 Å². The lowest BCUT2D eigenvalue weighted by molar-refractivity contribution is -0.121. The van der Waals surface area contributed by atoms with Gasteiger partial charge in [0.15, 0.2) is 11.5 Å². The van der Waals surface area contributed by atoms with E-state index in [9.17, 15) is 13.2 Å². The number of benzene rings is 2. The van der Waals surface area contributed by atoms with E-state index in [1.807, 2.05) is 26.0 Å². The summed E-state index contributed by atoms with van der Waals surface area (Å²) in [5.41, 5.74) is 3.57. The number of nitrogens with zero attached hydrogens (tertiary/aromatic N) is 2. The molecule has 32 heavy (non-hydrogen) atoms. The molecule has 174 valence electrons. The summed E-state index contributed by atoms with van der Waals surface area (Å²) in [6, 6.07) is 8.32. The van der Waals surface area contributed by atoms with Gasteiger partial charge in [0.05, 0.1) is 25.2 Å². The summed E-state index contributed by atoms with van der Waals surface area (Å²) in [7, 11) is 2.59. The van der Waals surface area contributed by atoms with Crippen LogP contribution in [0.15, 0.2) is 35.2 Å². The molecular weight excluding hydrogens is 430 g/mol. The smallest absolute Gasteiger partial charge is 0.242 e. The molecule has 1 unspecified atom stereocenters. The lowest BCUT2D eigenvalue weighted by atomic mass is 9.97. The second-order valence-electron chi connectivity index (χ2n) is 8.13. The molecule has 1 amide bonds. The average Bonchev–Trinajstić information content (AvgIpc) is 2.78. The maximum absolute atomic E-state index is 13.0. The molecule has 0 aliphatic carbocycles. The summed E-state index contributed by atoms with van der Waals surface area (Å²) < 4.78 is 36.9. The van der Waals surface area contributed by atoms with E-state index in [0.29, 0.717) is 23.7 Å². The fraction of sp³-hybridized carbons (Fsp3) is 0.435. The number of hydrogen-bond donors (Lipinski definition) is 1. The normalized spacial score (nSPS) is 15.2. The third-order valence-electron chi connectivity index (χ3n) is 5.92. The van der Waals surface area contributed by atoms with Crippen molar-refractivity contribution in [3.8, 4) is 11.5 Å². The van der Waals surface area contributed by atoms with Gasteiger partial charge in [-0.25, -0.2) is 12.7 Å². The molecule has 9 heteroatoms. The standard InChI is InChI=1S/C23H31N3O5S/c1-15-7-8-19(32(28,29)25(3)4)13-20(15)24-23(27)16(2)26-10-9-17-11-21(30-5)22(31-6)12-18(17)14-26/h7-8,11-13,16H,9-10,14H2,1-6H3,(H,24,27). The SMILES string of the molecule is COc1cc2c(cc1OC)CN(C(C)C(=O)Nc1cc(S(=O)(=O)N(C)C)ccc1C)CC2. The third kappa shape index (κ3) is 4.74. The molecule has 3 rings (SSSR count). The Kier molecular flexibility index (Phi) is 7.12. The number of anilines is 1. The van der Waals surface area contributed by atoms with Gasteiger partial charge in [-0.15, -0.1) is 0 Å². The number of rotatable bonds is 7. The first-order valence-corrected chi connectivity index (χ1v) is 11.8. The number of methoxy groups -OCH3 is 2. The van der Waals surface area contributed by atoms with E-state index < -0.39 is 16.1 Å². The highest BCUT2D eigenvalue weighted by Crippen LogP contribution is 2.33. The highest BCUT2D eigenvalue weighted by atomic mass is 32.2. The molecule has 1 atom stereocenters. The zero-order valence-electron chi connectivity index (χ0n) is 19.4. The summed E-state index contributed by atoms with van der Waals surface area (Å²) in [5, 5.41) is 2.92. The Labute approximate surface area is 190 Å². The van der Waals surface area contributed by atoms with E-state index in [1.165, 1.54) is 25.7 Å². The van der Waals surface area contributed by atoms with Crippen molar-refractivity contribution in [2.75, 3.05) is 40.2 Å². The Morgan fingerprint density at radius 2 is 1.72 bits per heavy atom. The molecule has 1 aliphatic heterocycles. The van der Waals surface area contributed by atoms with Crippen molar-refractivity contribution < 1.29 is 22.7 Å². The number of fused-ring (bicyclic) bond motifs is 1. The molecule has 1 N–H and O–H groups in total. The van der Waals surface area contributed by atoms with Crippen LogP contribution in [-0.4, -0.2) is 64.4 Å². The minimum absolute atomic E-state index is 0.143. The van der Waals surface area contributed by atoms with Crippen molar-refractivity contribution in [3.05, 3.63) is 47.0 Å².